The zero-order chi connectivity index (χ0) is 20.8. The number of hydrogen-bond acceptors (Lipinski definition) is 6. The first kappa shape index (κ1) is 26.9. The molecule has 10 heteroatoms. The lowest BCUT2D eigenvalue weighted by atomic mass is 10.1. The number of hydrogen-bond donors (Lipinski definition) is 2. The number of methoxy groups -OCH3 is 1. The summed E-state index contributed by atoms with van der Waals surface area (Å²) in [6.07, 6.45) is 0. The summed E-state index contributed by atoms with van der Waals surface area (Å²) in [5, 5.41) is 9.04. The summed E-state index contributed by atoms with van der Waals surface area (Å²) >= 11 is 0. The number of β-amino-alcohol motifs (C(OH)–C–C–N with tert-alkyl or cyclic N) is 1. The lowest BCUT2D eigenvalue weighted by molar-refractivity contribution is 0.0614. The maximum Gasteiger partial charge on any atom is 0.254 e. The molecule has 1 aliphatic rings. The number of carbonyl (C=O) groups is 1. The second-order valence-electron chi connectivity index (χ2n) is 6.79. The average Bonchev–Trinajstić information content (AvgIpc) is 2.75. The van der Waals surface area contributed by atoms with Crippen LogP contribution in [0.1, 0.15) is 15.9 Å². The summed E-state index contributed by atoms with van der Waals surface area (Å²) in [6, 6.07) is 9.39. The van der Waals surface area contributed by atoms with Gasteiger partial charge in [-0.15, -0.1) is 24.8 Å². The second kappa shape index (κ2) is 12.7. The van der Waals surface area contributed by atoms with Crippen LogP contribution in [0.15, 0.2) is 36.4 Å². The Labute approximate surface area is 193 Å². The van der Waals surface area contributed by atoms with E-state index in [4.69, 9.17) is 20.3 Å². The molecule has 0 atom stereocenters. The molecule has 3 rings (SSSR count). The number of aliphatic hydroxyl groups is 1. The van der Waals surface area contributed by atoms with Crippen LogP contribution in [0.3, 0.4) is 0 Å². The van der Waals surface area contributed by atoms with Crippen molar-refractivity contribution in [3.63, 3.8) is 0 Å². The van der Waals surface area contributed by atoms with Crippen molar-refractivity contribution in [3.8, 4) is 17.2 Å². The fourth-order valence-electron chi connectivity index (χ4n) is 3.26. The molecule has 0 spiro atoms. The number of carbonyl (C=O) groups excluding carboxylic acids is 1. The lowest BCUT2D eigenvalue weighted by Crippen LogP contribution is -2.49. The molecule has 2 aromatic rings. The van der Waals surface area contributed by atoms with Crippen LogP contribution in [0.2, 0.25) is 0 Å². The molecule has 0 unspecified atom stereocenters. The first-order valence-corrected chi connectivity index (χ1v) is 9.52. The number of rotatable bonds is 7. The van der Waals surface area contributed by atoms with E-state index in [0.29, 0.717) is 49.6 Å². The Morgan fingerprint density at radius 2 is 1.74 bits per heavy atom. The number of amides is 1. The molecule has 0 saturated carbocycles. The Morgan fingerprint density at radius 1 is 1.06 bits per heavy atom. The Balaban J connectivity index is 0.00000240. The van der Waals surface area contributed by atoms with Gasteiger partial charge in [0, 0.05) is 44.8 Å². The molecular formula is C21H28Cl2FN3O4. The highest BCUT2D eigenvalue weighted by molar-refractivity contribution is 5.95. The molecule has 0 aliphatic carbocycles. The van der Waals surface area contributed by atoms with Gasteiger partial charge in [0.2, 0.25) is 0 Å². The van der Waals surface area contributed by atoms with Crippen LogP contribution in [0, 0.1) is 5.82 Å². The van der Waals surface area contributed by atoms with Crippen molar-refractivity contribution < 1.29 is 23.8 Å². The fourth-order valence-corrected chi connectivity index (χ4v) is 3.26. The minimum atomic E-state index is -0.535. The zero-order valence-electron chi connectivity index (χ0n) is 17.3. The van der Waals surface area contributed by atoms with Crippen molar-refractivity contribution in [2.45, 2.75) is 6.54 Å². The summed E-state index contributed by atoms with van der Waals surface area (Å²) in [6.45, 7) is 3.53. The molecule has 1 heterocycles. The minimum Gasteiger partial charge on any atom is -0.493 e. The van der Waals surface area contributed by atoms with Gasteiger partial charge in [-0.25, -0.2) is 4.39 Å². The van der Waals surface area contributed by atoms with Gasteiger partial charge in [0.15, 0.2) is 23.1 Å². The van der Waals surface area contributed by atoms with Crippen LogP contribution >= 0.6 is 24.8 Å². The highest BCUT2D eigenvalue weighted by Gasteiger charge is 2.23. The van der Waals surface area contributed by atoms with E-state index in [0.717, 1.165) is 0 Å². The van der Waals surface area contributed by atoms with Crippen LogP contribution in [0.5, 0.6) is 17.2 Å². The minimum absolute atomic E-state index is 0. The molecule has 31 heavy (non-hydrogen) atoms. The quantitative estimate of drug-likeness (QED) is 0.639. The summed E-state index contributed by atoms with van der Waals surface area (Å²) in [5.41, 5.74) is 6.63. The normalized spacial score (nSPS) is 13.7. The monoisotopic (exact) mass is 475 g/mol. The highest BCUT2D eigenvalue weighted by Crippen LogP contribution is 2.34. The Bertz CT molecular complexity index is 865. The number of aliphatic hydroxyl groups excluding tert-OH is 1. The van der Waals surface area contributed by atoms with Gasteiger partial charge in [-0.2, -0.15) is 0 Å². The van der Waals surface area contributed by atoms with E-state index < -0.39 is 5.82 Å². The number of ether oxygens (including phenoxy) is 2. The van der Waals surface area contributed by atoms with Gasteiger partial charge < -0.3 is 25.2 Å². The van der Waals surface area contributed by atoms with Crippen molar-refractivity contribution in [3.05, 3.63) is 53.3 Å². The third-order valence-corrected chi connectivity index (χ3v) is 4.94. The number of nitrogens with two attached hydrogens (primary N) is 1. The summed E-state index contributed by atoms with van der Waals surface area (Å²) < 4.78 is 25.3. The van der Waals surface area contributed by atoms with Gasteiger partial charge in [-0.3, -0.25) is 9.69 Å². The lowest BCUT2D eigenvalue weighted by Gasteiger charge is -2.34. The van der Waals surface area contributed by atoms with E-state index in [1.54, 1.807) is 29.2 Å². The van der Waals surface area contributed by atoms with Gasteiger partial charge in [-0.05, 0) is 35.9 Å². The zero-order valence-corrected chi connectivity index (χ0v) is 18.9. The number of halogens is 3. The van der Waals surface area contributed by atoms with Crippen molar-refractivity contribution in [1.82, 2.24) is 9.80 Å². The third kappa shape index (κ3) is 6.69. The van der Waals surface area contributed by atoms with Gasteiger partial charge in [0.25, 0.3) is 5.91 Å². The molecule has 1 saturated heterocycles. The predicted octanol–water partition coefficient (Wildman–Crippen LogP) is 2.68. The maximum absolute atomic E-state index is 14.3. The van der Waals surface area contributed by atoms with Crippen molar-refractivity contribution in [1.29, 1.82) is 0 Å². The van der Waals surface area contributed by atoms with Crippen LogP contribution in [-0.2, 0) is 6.54 Å². The molecule has 0 aromatic heterocycles. The molecule has 1 amide bonds. The number of benzene rings is 2. The van der Waals surface area contributed by atoms with Gasteiger partial charge in [-0.1, -0.05) is 6.07 Å². The first-order chi connectivity index (χ1) is 14.0. The molecule has 7 nitrogen and oxygen atoms in total. The second-order valence-corrected chi connectivity index (χ2v) is 6.79. The van der Waals surface area contributed by atoms with Gasteiger partial charge in [0.1, 0.15) is 0 Å². The van der Waals surface area contributed by atoms with Crippen LogP contribution in [-0.4, -0.2) is 67.3 Å². The third-order valence-electron chi connectivity index (χ3n) is 4.94. The van der Waals surface area contributed by atoms with Crippen molar-refractivity contribution in [2.75, 3.05) is 46.4 Å². The van der Waals surface area contributed by atoms with E-state index >= 15 is 0 Å². The fraction of sp³-hybridized carbons (Fsp3) is 0.381. The van der Waals surface area contributed by atoms with Crippen LogP contribution < -0.4 is 15.2 Å². The smallest absolute Gasteiger partial charge is 0.254 e. The van der Waals surface area contributed by atoms with Crippen molar-refractivity contribution >= 4 is 30.7 Å². The van der Waals surface area contributed by atoms with Crippen LogP contribution in [0.4, 0.5) is 4.39 Å². The molecule has 0 bridgehead atoms. The first-order valence-electron chi connectivity index (χ1n) is 9.52. The Morgan fingerprint density at radius 3 is 2.32 bits per heavy atom. The predicted molar refractivity (Wildman–Crippen MR) is 121 cm³/mol. The van der Waals surface area contributed by atoms with Crippen LogP contribution in [0.25, 0.3) is 0 Å². The van der Waals surface area contributed by atoms with E-state index in [1.165, 1.54) is 19.2 Å². The highest BCUT2D eigenvalue weighted by atomic mass is 35.5. The Kier molecular flexibility index (Phi) is 11.0. The summed E-state index contributed by atoms with van der Waals surface area (Å²) in [5.74, 6) is 0.0304. The topological polar surface area (TPSA) is 88.3 Å². The molecule has 2 aromatic carbocycles. The summed E-state index contributed by atoms with van der Waals surface area (Å²) in [7, 11) is 1.48. The Hall–Kier alpha value is -2.10. The van der Waals surface area contributed by atoms with Crippen molar-refractivity contribution in [2.24, 2.45) is 5.73 Å². The molecule has 0 radical (unpaired) electrons. The molecular weight excluding hydrogens is 448 g/mol. The SMILES string of the molecule is COc1ccc(C(=O)N2CCN(CCO)CC2)cc1Oc1ccc(CN)cc1F.Cl.Cl. The molecule has 3 N–H and O–H groups in total. The average molecular weight is 476 g/mol. The van der Waals surface area contributed by atoms with E-state index in [1.807, 2.05) is 0 Å². The summed E-state index contributed by atoms with van der Waals surface area (Å²) in [4.78, 5) is 16.8. The number of nitrogens with zero attached hydrogens (tertiary/aromatic N) is 2. The van der Waals surface area contributed by atoms with Gasteiger partial charge in [0.05, 0.1) is 13.7 Å². The molecule has 1 fully saturated rings. The van der Waals surface area contributed by atoms with E-state index in [-0.39, 0.29) is 55.4 Å². The molecule has 172 valence electrons. The van der Waals surface area contributed by atoms with E-state index in [9.17, 15) is 9.18 Å². The standard InChI is InChI=1S/C21H26FN3O4.2ClH/c1-28-19-5-3-16(21(27)25-8-6-24(7-9-25)10-11-26)13-20(19)29-18-4-2-15(14-23)12-17(18)22;;/h2-5,12-13,26H,6-11,14,23H2,1H3;2*1H. The largest absolute Gasteiger partial charge is 0.493 e. The number of piperazine rings is 1. The van der Waals surface area contributed by atoms with E-state index in [2.05, 4.69) is 4.90 Å². The molecule has 1 aliphatic heterocycles. The van der Waals surface area contributed by atoms with Gasteiger partial charge >= 0.3 is 0 Å². The maximum atomic E-state index is 14.3.